The largest absolute Gasteiger partial charge is 0.294 e. The van der Waals surface area contributed by atoms with E-state index in [-0.39, 0.29) is 5.78 Å². The zero-order valence-corrected chi connectivity index (χ0v) is 10.6. The first-order valence-electron chi connectivity index (χ1n) is 3.63. The van der Waals surface area contributed by atoms with Gasteiger partial charge in [-0.25, -0.2) is 0 Å². The van der Waals surface area contributed by atoms with Gasteiger partial charge in [-0.15, -0.1) is 11.3 Å². The number of hydrogen-bond acceptors (Lipinski definition) is 2. The monoisotopic (exact) mass is 310 g/mol. The van der Waals surface area contributed by atoms with Gasteiger partial charge in [0.05, 0.1) is 7.57 Å². The summed E-state index contributed by atoms with van der Waals surface area (Å²) in [4.78, 5) is 11.4. The van der Waals surface area contributed by atoms with E-state index in [1.807, 2.05) is 13.0 Å². The fourth-order valence-corrected chi connectivity index (χ4v) is 3.75. The zero-order chi connectivity index (χ0) is 9.14. The van der Waals surface area contributed by atoms with E-state index in [9.17, 15) is 4.79 Å². The van der Waals surface area contributed by atoms with Crippen molar-refractivity contribution in [2.45, 2.75) is 19.8 Å². The molecule has 0 spiro atoms. The Kier molecular flexibility index (Phi) is 3.93. The lowest BCUT2D eigenvalue weighted by molar-refractivity contribution is 0.0981. The van der Waals surface area contributed by atoms with Crippen LogP contribution in [0.15, 0.2) is 13.6 Å². The molecule has 0 atom stereocenters. The number of hydrogen-bond donors (Lipinski definition) is 0. The second kappa shape index (κ2) is 4.53. The van der Waals surface area contributed by atoms with E-state index in [4.69, 9.17) is 0 Å². The second-order valence-electron chi connectivity index (χ2n) is 2.41. The van der Waals surface area contributed by atoms with Gasteiger partial charge in [0.1, 0.15) is 0 Å². The molecule has 0 unspecified atom stereocenters. The molecule has 0 aromatic carbocycles. The number of ketones is 1. The Labute approximate surface area is 92.4 Å². The molecule has 0 saturated heterocycles. The predicted octanol–water partition coefficient (Wildman–Crippen LogP) is 4.26. The molecule has 1 heterocycles. The summed E-state index contributed by atoms with van der Waals surface area (Å²) in [7, 11) is 0. The van der Waals surface area contributed by atoms with Crippen LogP contribution in [0.1, 0.15) is 30.1 Å². The first-order chi connectivity index (χ1) is 5.65. The van der Waals surface area contributed by atoms with E-state index in [2.05, 4.69) is 31.9 Å². The molecule has 12 heavy (non-hydrogen) atoms. The Morgan fingerprint density at radius 3 is 2.67 bits per heavy atom. The highest BCUT2D eigenvalue weighted by Crippen LogP contribution is 2.32. The average molecular weight is 312 g/mol. The summed E-state index contributed by atoms with van der Waals surface area (Å²) in [6.45, 7) is 2.01. The van der Waals surface area contributed by atoms with Crippen LogP contribution < -0.4 is 0 Å². The normalized spacial score (nSPS) is 10.2. The molecule has 1 rings (SSSR count). The summed E-state index contributed by atoms with van der Waals surface area (Å²) < 4.78 is 1.92. The maximum Gasteiger partial charge on any atom is 0.164 e. The predicted molar refractivity (Wildman–Crippen MR) is 59.0 cm³/mol. The molecule has 0 amide bonds. The Balaban J connectivity index is 2.87. The molecule has 1 aromatic rings. The third-order valence-electron chi connectivity index (χ3n) is 1.43. The molecule has 0 aliphatic carbocycles. The van der Waals surface area contributed by atoms with Crippen molar-refractivity contribution in [1.82, 2.24) is 0 Å². The highest BCUT2D eigenvalue weighted by atomic mass is 79.9. The van der Waals surface area contributed by atoms with Crippen molar-refractivity contribution < 1.29 is 4.79 Å². The van der Waals surface area contributed by atoms with Crippen LogP contribution in [0.5, 0.6) is 0 Å². The van der Waals surface area contributed by atoms with Gasteiger partial charge in [0.25, 0.3) is 0 Å². The maximum atomic E-state index is 11.4. The molecule has 0 bridgehead atoms. The van der Waals surface area contributed by atoms with Crippen LogP contribution in [0.25, 0.3) is 0 Å². The fourth-order valence-electron chi connectivity index (χ4n) is 0.892. The van der Waals surface area contributed by atoms with Crippen LogP contribution in [-0.4, -0.2) is 5.78 Å². The van der Waals surface area contributed by atoms with Gasteiger partial charge in [-0.1, -0.05) is 6.92 Å². The molecule has 1 aromatic heterocycles. The molecule has 1 nitrogen and oxygen atoms in total. The van der Waals surface area contributed by atoms with Gasteiger partial charge < -0.3 is 0 Å². The molecular weight excluding hydrogens is 304 g/mol. The van der Waals surface area contributed by atoms with Crippen LogP contribution in [-0.2, 0) is 0 Å². The Morgan fingerprint density at radius 1 is 1.58 bits per heavy atom. The van der Waals surface area contributed by atoms with Crippen molar-refractivity contribution in [3.8, 4) is 0 Å². The summed E-state index contributed by atoms with van der Waals surface area (Å²) in [6, 6.07) is 1.87. The zero-order valence-electron chi connectivity index (χ0n) is 6.56. The maximum absolute atomic E-state index is 11.4. The van der Waals surface area contributed by atoms with Gasteiger partial charge in [-0.05, 0) is 44.3 Å². The van der Waals surface area contributed by atoms with E-state index >= 15 is 0 Å². The topological polar surface area (TPSA) is 17.1 Å². The number of Topliss-reactive ketones (excluding diaryl/α,β-unsaturated/α-hetero) is 1. The minimum Gasteiger partial charge on any atom is -0.294 e. The van der Waals surface area contributed by atoms with Crippen molar-refractivity contribution in [2.75, 3.05) is 0 Å². The number of halogens is 2. The van der Waals surface area contributed by atoms with E-state index in [0.717, 1.165) is 19.6 Å². The lowest BCUT2D eigenvalue weighted by Crippen LogP contribution is -1.95. The van der Waals surface area contributed by atoms with Gasteiger partial charge in [-0.2, -0.15) is 0 Å². The lowest BCUT2D eigenvalue weighted by Gasteiger charge is -1.94. The van der Waals surface area contributed by atoms with Gasteiger partial charge in [-0.3, -0.25) is 4.79 Å². The summed E-state index contributed by atoms with van der Waals surface area (Å²) >= 11 is 8.23. The van der Waals surface area contributed by atoms with Crippen LogP contribution in [0.4, 0.5) is 0 Å². The van der Waals surface area contributed by atoms with Gasteiger partial charge in [0.2, 0.25) is 0 Å². The molecular formula is C8H8Br2OS. The minimum atomic E-state index is 0.214. The molecule has 0 saturated carbocycles. The number of thiophene rings is 1. The van der Waals surface area contributed by atoms with Gasteiger partial charge >= 0.3 is 0 Å². The van der Waals surface area contributed by atoms with Crippen LogP contribution in [0.3, 0.4) is 0 Å². The lowest BCUT2D eigenvalue weighted by atomic mass is 10.1. The van der Waals surface area contributed by atoms with E-state index in [1.165, 1.54) is 11.3 Å². The van der Waals surface area contributed by atoms with E-state index < -0.39 is 0 Å². The number of rotatable bonds is 3. The second-order valence-corrected chi connectivity index (χ2v) is 6.16. The molecule has 0 radical (unpaired) electrons. The van der Waals surface area contributed by atoms with Crippen molar-refractivity contribution in [2.24, 2.45) is 0 Å². The Morgan fingerprint density at radius 2 is 2.25 bits per heavy atom. The number of carbonyl (C=O) groups is 1. The molecule has 66 valence electrons. The third kappa shape index (κ3) is 2.41. The highest BCUT2D eigenvalue weighted by molar-refractivity contribution is 9.12. The Bertz CT molecular complexity index is 293. The average Bonchev–Trinajstić information content (AvgIpc) is 2.30. The standard InChI is InChI=1S/C8H8Br2OS/c1-2-3-6(11)5-4-7(9)12-8(5)10/h4H,2-3H2,1H3. The highest BCUT2D eigenvalue weighted by Gasteiger charge is 2.11. The van der Waals surface area contributed by atoms with Crippen molar-refractivity contribution in [1.29, 1.82) is 0 Å². The summed E-state index contributed by atoms with van der Waals surface area (Å²) in [5.41, 5.74) is 0.800. The summed E-state index contributed by atoms with van der Waals surface area (Å²) in [6.07, 6.45) is 1.53. The first-order valence-corrected chi connectivity index (χ1v) is 6.03. The van der Waals surface area contributed by atoms with Crippen LogP contribution in [0.2, 0.25) is 0 Å². The quantitative estimate of drug-likeness (QED) is 0.762. The van der Waals surface area contributed by atoms with Crippen LogP contribution in [0, 0.1) is 0 Å². The molecule has 0 aliphatic heterocycles. The molecule has 0 fully saturated rings. The van der Waals surface area contributed by atoms with Crippen molar-refractivity contribution in [3.63, 3.8) is 0 Å². The van der Waals surface area contributed by atoms with Gasteiger partial charge in [0, 0.05) is 12.0 Å². The fraction of sp³-hybridized carbons (Fsp3) is 0.375. The van der Waals surface area contributed by atoms with Crippen molar-refractivity contribution >= 4 is 49.0 Å². The van der Waals surface area contributed by atoms with Crippen LogP contribution >= 0.6 is 43.2 Å². The van der Waals surface area contributed by atoms with E-state index in [0.29, 0.717) is 6.42 Å². The number of carbonyl (C=O) groups excluding carboxylic acids is 1. The van der Waals surface area contributed by atoms with Gasteiger partial charge in [0.15, 0.2) is 5.78 Å². The third-order valence-corrected chi connectivity index (χ3v) is 3.77. The smallest absolute Gasteiger partial charge is 0.164 e. The minimum absolute atomic E-state index is 0.214. The molecule has 0 aliphatic rings. The SMILES string of the molecule is CCCC(=O)c1cc(Br)sc1Br. The first kappa shape index (κ1) is 10.4. The summed E-state index contributed by atoms with van der Waals surface area (Å²) in [5.74, 6) is 0.214. The van der Waals surface area contributed by atoms with E-state index in [1.54, 1.807) is 0 Å². The van der Waals surface area contributed by atoms with Crippen molar-refractivity contribution in [3.05, 3.63) is 19.2 Å². The Hall–Kier alpha value is 0.330. The molecule has 4 heteroatoms. The summed E-state index contributed by atoms with van der Waals surface area (Å²) in [5, 5.41) is 0. The molecule has 0 N–H and O–H groups in total.